The smallest absolute Gasteiger partial charge is 0.0122 e. The van der Waals surface area contributed by atoms with Gasteiger partial charge in [0, 0.05) is 0 Å². The van der Waals surface area contributed by atoms with E-state index in [1.165, 1.54) is 18.6 Å². The minimum absolute atomic E-state index is 0.260. The van der Waals surface area contributed by atoms with Crippen LogP contribution in [0.25, 0.3) is 0 Å². The van der Waals surface area contributed by atoms with E-state index in [1.807, 2.05) is 0 Å². The fraction of sp³-hybridized carbons (Fsp3) is 1.00. The highest BCUT2D eigenvalue weighted by molar-refractivity contribution is 8.33. The summed E-state index contributed by atoms with van der Waals surface area (Å²) in [5.41, 5.74) is 0. The van der Waals surface area contributed by atoms with Gasteiger partial charge in [0.15, 0.2) is 0 Å². The second-order valence-electron chi connectivity index (χ2n) is 3.35. The van der Waals surface area contributed by atoms with Gasteiger partial charge in [-0.05, 0) is 36.4 Å². The molecule has 0 rings (SSSR count). The number of hydrogen-bond donors (Lipinski definition) is 0. The first-order valence-corrected chi connectivity index (χ1v) is 6.96. The Bertz CT molecular complexity index is 82.7. The van der Waals surface area contributed by atoms with E-state index >= 15 is 0 Å². The summed E-state index contributed by atoms with van der Waals surface area (Å²) in [6, 6.07) is 0. The van der Waals surface area contributed by atoms with E-state index in [9.17, 15) is 0 Å². The van der Waals surface area contributed by atoms with Crippen molar-refractivity contribution in [2.45, 2.75) is 38.9 Å². The molecule has 0 saturated heterocycles. The second-order valence-corrected chi connectivity index (χ2v) is 7.84. The SMILES string of the molecule is CCC(CC)S(C)(C)CC. The molecule has 1 heteroatoms. The lowest BCUT2D eigenvalue weighted by Gasteiger charge is -2.38. The molecule has 0 saturated carbocycles. The van der Waals surface area contributed by atoms with Crippen molar-refractivity contribution in [1.82, 2.24) is 0 Å². The summed E-state index contributed by atoms with van der Waals surface area (Å²) in [6.07, 6.45) is 7.66. The Morgan fingerprint density at radius 3 is 1.50 bits per heavy atom. The molecule has 0 spiro atoms. The molecule has 0 aromatic rings. The zero-order valence-corrected chi connectivity index (χ0v) is 8.92. The topological polar surface area (TPSA) is 0 Å². The van der Waals surface area contributed by atoms with E-state index in [4.69, 9.17) is 0 Å². The molecule has 0 aromatic carbocycles. The monoisotopic (exact) mass is 162 g/mol. The molecule has 0 aromatic heterocycles. The van der Waals surface area contributed by atoms with Gasteiger partial charge in [0.2, 0.25) is 0 Å². The predicted molar refractivity (Wildman–Crippen MR) is 54.4 cm³/mol. The van der Waals surface area contributed by atoms with Gasteiger partial charge >= 0.3 is 0 Å². The first kappa shape index (κ1) is 10.3. The minimum atomic E-state index is -0.260. The average molecular weight is 162 g/mol. The summed E-state index contributed by atoms with van der Waals surface area (Å²) in [7, 11) is -0.260. The first-order chi connectivity index (χ1) is 4.58. The van der Waals surface area contributed by atoms with Gasteiger partial charge in [-0.25, -0.2) is 10.0 Å². The summed E-state index contributed by atoms with van der Waals surface area (Å²) < 4.78 is 0. The van der Waals surface area contributed by atoms with Gasteiger partial charge < -0.3 is 0 Å². The van der Waals surface area contributed by atoms with E-state index < -0.39 is 0 Å². The molecular formula is C9H22S. The van der Waals surface area contributed by atoms with Gasteiger partial charge in [0.05, 0.1) is 0 Å². The third kappa shape index (κ3) is 2.53. The lowest BCUT2D eigenvalue weighted by molar-refractivity contribution is 0.782. The van der Waals surface area contributed by atoms with Gasteiger partial charge in [0.25, 0.3) is 0 Å². The van der Waals surface area contributed by atoms with Crippen molar-refractivity contribution in [2.75, 3.05) is 18.3 Å². The Morgan fingerprint density at radius 1 is 1.00 bits per heavy atom. The molecular weight excluding hydrogens is 140 g/mol. The van der Waals surface area contributed by atoms with Crippen LogP contribution in [0.5, 0.6) is 0 Å². The normalized spacial score (nSPS) is 14.2. The predicted octanol–water partition coefficient (Wildman–Crippen LogP) is 3.26. The molecule has 0 bridgehead atoms. The van der Waals surface area contributed by atoms with Crippen LogP contribution in [0.15, 0.2) is 0 Å². The highest BCUT2D eigenvalue weighted by Crippen LogP contribution is 2.47. The van der Waals surface area contributed by atoms with Crippen molar-refractivity contribution >= 4 is 10.0 Å². The minimum Gasteiger partial charge on any atom is -0.244 e. The molecule has 0 atom stereocenters. The van der Waals surface area contributed by atoms with Crippen LogP contribution in [0.2, 0.25) is 0 Å². The molecule has 0 heterocycles. The van der Waals surface area contributed by atoms with E-state index in [1.54, 1.807) is 0 Å². The van der Waals surface area contributed by atoms with Crippen LogP contribution in [-0.4, -0.2) is 23.5 Å². The first-order valence-electron chi connectivity index (χ1n) is 4.28. The molecule has 0 nitrogen and oxygen atoms in total. The zero-order valence-electron chi connectivity index (χ0n) is 8.11. The summed E-state index contributed by atoms with van der Waals surface area (Å²) in [5.74, 6) is 1.39. The maximum atomic E-state index is 2.46. The summed E-state index contributed by atoms with van der Waals surface area (Å²) in [4.78, 5) is 0. The molecule has 10 heavy (non-hydrogen) atoms. The standard InChI is InChI=1S/C9H22S/c1-6-9(7-2)10(4,5)8-3/h9H,6-8H2,1-5H3. The molecule has 0 aliphatic carbocycles. The largest absolute Gasteiger partial charge is 0.244 e. The number of rotatable bonds is 4. The van der Waals surface area contributed by atoms with Gasteiger partial charge in [-0.2, -0.15) is 0 Å². The lowest BCUT2D eigenvalue weighted by Crippen LogP contribution is -2.16. The average Bonchev–Trinajstić information content (AvgIpc) is 1.90. The van der Waals surface area contributed by atoms with Crippen molar-refractivity contribution in [2.24, 2.45) is 0 Å². The molecule has 0 radical (unpaired) electrons. The van der Waals surface area contributed by atoms with Gasteiger partial charge in [-0.15, -0.1) is 0 Å². The Kier molecular flexibility index (Phi) is 4.42. The Labute approximate surface area is 67.7 Å². The maximum absolute atomic E-state index is 2.46. The lowest BCUT2D eigenvalue weighted by atomic mass is 10.3. The molecule has 0 aliphatic rings. The van der Waals surface area contributed by atoms with Crippen LogP contribution in [0.3, 0.4) is 0 Å². The molecule has 0 fully saturated rings. The molecule has 0 unspecified atom stereocenters. The molecule has 64 valence electrons. The Hall–Kier alpha value is 0.350. The molecule has 0 aliphatic heterocycles. The Morgan fingerprint density at radius 2 is 1.40 bits per heavy atom. The van der Waals surface area contributed by atoms with E-state index in [-0.39, 0.29) is 10.0 Å². The highest BCUT2D eigenvalue weighted by Gasteiger charge is 2.18. The van der Waals surface area contributed by atoms with Crippen LogP contribution < -0.4 is 0 Å². The van der Waals surface area contributed by atoms with E-state index in [0.717, 1.165) is 5.25 Å². The van der Waals surface area contributed by atoms with E-state index in [0.29, 0.717) is 0 Å². The fourth-order valence-corrected chi connectivity index (χ4v) is 3.70. The van der Waals surface area contributed by atoms with E-state index in [2.05, 4.69) is 33.3 Å². The van der Waals surface area contributed by atoms with Crippen LogP contribution in [0, 0.1) is 0 Å². The van der Waals surface area contributed by atoms with Crippen molar-refractivity contribution in [3.63, 3.8) is 0 Å². The Balaban J connectivity index is 3.97. The van der Waals surface area contributed by atoms with Crippen molar-refractivity contribution in [3.8, 4) is 0 Å². The van der Waals surface area contributed by atoms with Crippen LogP contribution in [-0.2, 0) is 0 Å². The third-order valence-corrected chi connectivity index (χ3v) is 6.52. The fourth-order valence-electron chi connectivity index (χ4n) is 1.43. The van der Waals surface area contributed by atoms with Gasteiger partial charge in [0.1, 0.15) is 0 Å². The highest BCUT2D eigenvalue weighted by atomic mass is 32.3. The summed E-state index contributed by atoms with van der Waals surface area (Å²) >= 11 is 0. The van der Waals surface area contributed by atoms with Gasteiger partial charge in [-0.1, -0.05) is 20.8 Å². The van der Waals surface area contributed by atoms with Crippen molar-refractivity contribution < 1.29 is 0 Å². The summed E-state index contributed by atoms with van der Waals surface area (Å²) in [5, 5.41) is 0.998. The third-order valence-electron chi connectivity index (χ3n) is 2.56. The van der Waals surface area contributed by atoms with Crippen molar-refractivity contribution in [3.05, 3.63) is 0 Å². The maximum Gasteiger partial charge on any atom is -0.0122 e. The molecule has 0 amide bonds. The second kappa shape index (κ2) is 4.27. The van der Waals surface area contributed by atoms with Crippen LogP contribution in [0.1, 0.15) is 33.6 Å². The molecule has 0 N–H and O–H groups in total. The zero-order chi connectivity index (χ0) is 8.20. The quantitative estimate of drug-likeness (QED) is 0.595. The van der Waals surface area contributed by atoms with Crippen LogP contribution >= 0.6 is 10.0 Å². The summed E-state index contributed by atoms with van der Waals surface area (Å²) in [6.45, 7) is 6.96. The number of hydrogen-bond acceptors (Lipinski definition) is 0. The van der Waals surface area contributed by atoms with Crippen molar-refractivity contribution in [1.29, 1.82) is 0 Å². The van der Waals surface area contributed by atoms with Gasteiger partial charge in [-0.3, -0.25) is 0 Å². The van der Waals surface area contributed by atoms with Crippen LogP contribution in [0.4, 0.5) is 0 Å².